The van der Waals surface area contributed by atoms with Crippen LogP contribution < -0.4 is 5.32 Å². The zero-order chi connectivity index (χ0) is 17.0. The molecule has 23 heavy (non-hydrogen) atoms. The minimum absolute atomic E-state index is 0.218. The third-order valence-electron chi connectivity index (χ3n) is 4.23. The fraction of sp³-hybridized carbons (Fsp3) is 0.765. The van der Waals surface area contributed by atoms with Gasteiger partial charge in [-0.15, -0.1) is 11.3 Å². The maximum atomic E-state index is 12.2. The fourth-order valence-corrected chi connectivity index (χ4v) is 3.64. The number of hydrogen-bond acceptors (Lipinski definition) is 5. The maximum absolute atomic E-state index is 12.2. The second-order valence-electron chi connectivity index (χ2n) is 7.36. The molecule has 5 nitrogen and oxygen atoms in total. The topological polar surface area (TPSA) is 54.5 Å². The Morgan fingerprint density at radius 3 is 2.57 bits per heavy atom. The van der Waals surface area contributed by atoms with Crippen LogP contribution in [0.15, 0.2) is 11.6 Å². The molecule has 1 fully saturated rings. The number of carbonyl (C=O) groups excluding carboxylic acids is 1. The quantitative estimate of drug-likeness (QED) is 0.902. The normalized spacial score (nSPS) is 23.3. The number of rotatable bonds is 4. The highest BCUT2D eigenvalue weighted by molar-refractivity contribution is 7.09. The van der Waals surface area contributed by atoms with Gasteiger partial charge in [0.2, 0.25) is 0 Å². The average Bonchev–Trinajstić information content (AvgIpc) is 3.00. The van der Waals surface area contributed by atoms with Crippen LogP contribution >= 0.6 is 11.3 Å². The van der Waals surface area contributed by atoms with Gasteiger partial charge in [-0.25, -0.2) is 9.78 Å². The number of carbonyl (C=O) groups is 1. The molecule has 0 spiro atoms. The first-order chi connectivity index (χ1) is 10.8. The van der Waals surface area contributed by atoms with Crippen LogP contribution in [0.4, 0.5) is 4.79 Å². The van der Waals surface area contributed by atoms with Gasteiger partial charge < -0.3 is 15.0 Å². The first-order valence-electron chi connectivity index (χ1n) is 8.37. The summed E-state index contributed by atoms with van der Waals surface area (Å²) in [6.07, 6.45) is 5.81. The SMILES string of the molecule is CC(NC1CCC(N(C)C(=O)OC(C)(C)C)CC1)c1nccs1. The first kappa shape index (κ1) is 18.2. The smallest absolute Gasteiger partial charge is 0.410 e. The fourth-order valence-electron chi connectivity index (χ4n) is 2.99. The largest absolute Gasteiger partial charge is 0.444 e. The summed E-state index contributed by atoms with van der Waals surface area (Å²) >= 11 is 1.69. The molecule has 1 aliphatic rings. The summed E-state index contributed by atoms with van der Waals surface area (Å²) in [5.41, 5.74) is -0.437. The molecule has 2 rings (SSSR count). The molecular weight excluding hydrogens is 310 g/mol. The van der Waals surface area contributed by atoms with E-state index in [1.54, 1.807) is 16.2 Å². The van der Waals surface area contributed by atoms with Gasteiger partial charge in [-0.3, -0.25) is 0 Å². The Balaban J connectivity index is 1.78. The molecule has 1 aromatic rings. The molecule has 130 valence electrons. The lowest BCUT2D eigenvalue weighted by atomic mass is 9.90. The molecule has 0 radical (unpaired) electrons. The van der Waals surface area contributed by atoms with E-state index in [1.165, 1.54) is 0 Å². The highest BCUT2D eigenvalue weighted by Crippen LogP contribution is 2.26. The number of nitrogens with one attached hydrogen (secondary N) is 1. The third kappa shape index (κ3) is 5.46. The lowest BCUT2D eigenvalue weighted by Crippen LogP contribution is -2.45. The van der Waals surface area contributed by atoms with E-state index in [9.17, 15) is 4.79 Å². The van der Waals surface area contributed by atoms with Crippen LogP contribution in [0, 0.1) is 0 Å². The number of nitrogens with zero attached hydrogens (tertiary/aromatic N) is 2. The van der Waals surface area contributed by atoms with Gasteiger partial charge in [0, 0.05) is 30.7 Å². The summed E-state index contributed by atoms with van der Waals surface area (Å²) in [5.74, 6) is 0. The molecule has 0 saturated heterocycles. The van der Waals surface area contributed by atoms with Crippen LogP contribution in [0.25, 0.3) is 0 Å². The summed E-state index contributed by atoms with van der Waals surface area (Å²) < 4.78 is 5.46. The van der Waals surface area contributed by atoms with E-state index in [0.717, 1.165) is 30.7 Å². The van der Waals surface area contributed by atoms with E-state index in [2.05, 4.69) is 17.2 Å². The predicted octanol–water partition coefficient (Wildman–Crippen LogP) is 3.97. The van der Waals surface area contributed by atoms with Crippen LogP contribution in [0.1, 0.15) is 64.4 Å². The van der Waals surface area contributed by atoms with Crippen molar-refractivity contribution < 1.29 is 9.53 Å². The van der Waals surface area contributed by atoms with Gasteiger partial charge in [0.05, 0.1) is 6.04 Å². The molecule has 1 N–H and O–H groups in total. The highest BCUT2D eigenvalue weighted by atomic mass is 32.1. The van der Waals surface area contributed by atoms with Crippen molar-refractivity contribution in [1.82, 2.24) is 15.2 Å². The Morgan fingerprint density at radius 1 is 1.39 bits per heavy atom. The van der Waals surface area contributed by atoms with Crippen molar-refractivity contribution in [2.45, 2.75) is 77.1 Å². The van der Waals surface area contributed by atoms with Gasteiger partial charge in [0.15, 0.2) is 0 Å². The van der Waals surface area contributed by atoms with Crippen molar-refractivity contribution in [2.24, 2.45) is 0 Å². The van der Waals surface area contributed by atoms with Gasteiger partial charge in [0.25, 0.3) is 0 Å². The highest BCUT2D eigenvalue weighted by Gasteiger charge is 2.29. The zero-order valence-corrected chi connectivity index (χ0v) is 15.7. The van der Waals surface area contributed by atoms with E-state index < -0.39 is 5.60 Å². The average molecular weight is 340 g/mol. The lowest BCUT2D eigenvalue weighted by molar-refractivity contribution is 0.0178. The number of thiazole rings is 1. The second-order valence-corrected chi connectivity index (χ2v) is 8.28. The standard InChI is InChI=1S/C17H29N3O2S/c1-12(15-18-10-11-23-15)19-13-6-8-14(9-7-13)20(5)16(21)22-17(2,3)4/h10-14,19H,6-9H2,1-5H3. The van der Waals surface area contributed by atoms with Crippen molar-refractivity contribution in [1.29, 1.82) is 0 Å². The number of aromatic nitrogens is 1. The zero-order valence-electron chi connectivity index (χ0n) is 14.8. The molecule has 0 aromatic carbocycles. The van der Waals surface area contributed by atoms with Crippen LogP contribution in [0.3, 0.4) is 0 Å². The van der Waals surface area contributed by atoms with E-state index in [1.807, 2.05) is 39.4 Å². The Bertz CT molecular complexity index is 490. The molecule has 1 heterocycles. The van der Waals surface area contributed by atoms with E-state index >= 15 is 0 Å². The van der Waals surface area contributed by atoms with Gasteiger partial charge in [-0.2, -0.15) is 0 Å². The van der Waals surface area contributed by atoms with Crippen molar-refractivity contribution >= 4 is 17.4 Å². The summed E-state index contributed by atoms with van der Waals surface area (Å²) in [7, 11) is 1.85. The van der Waals surface area contributed by atoms with Gasteiger partial charge in [0.1, 0.15) is 10.6 Å². The van der Waals surface area contributed by atoms with Crippen LogP contribution in [0.5, 0.6) is 0 Å². The lowest BCUT2D eigenvalue weighted by Gasteiger charge is -2.36. The van der Waals surface area contributed by atoms with Gasteiger partial charge >= 0.3 is 6.09 Å². The van der Waals surface area contributed by atoms with Crippen LogP contribution in [0.2, 0.25) is 0 Å². The number of hydrogen-bond donors (Lipinski definition) is 1. The minimum atomic E-state index is -0.437. The number of amides is 1. The van der Waals surface area contributed by atoms with E-state index in [-0.39, 0.29) is 12.1 Å². The van der Waals surface area contributed by atoms with Crippen molar-refractivity contribution in [2.75, 3.05) is 7.05 Å². The molecule has 1 atom stereocenters. The third-order valence-corrected chi connectivity index (χ3v) is 5.19. The Hall–Kier alpha value is -1.14. The summed E-state index contributed by atoms with van der Waals surface area (Å²) in [6.45, 7) is 7.87. The van der Waals surface area contributed by atoms with Crippen molar-refractivity contribution in [3.05, 3.63) is 16.6 Å². The Morgan fingerprint density at radius 2 is 2.04 bits per heavy atom. The van der Waals surface area contributed by atoms with Crippen molar-refractivity contribution in [3.63, 3.8) is 0 Å². The van der Waals surface area contributed by atoms with Gasteiger partial charge in [-0.05, 0) is 53.4 Å². The molecule has 1 saturated carbocycles. The predicted molar refractivity (Wildman–Crippen MR) is 93.7 cm³/mol. The summed E-state index contributed by atoms with van der Waals surface area (Å²) in [4.78, 5) is 18.3. The maximum Gasteiger partial charge on any atom is 0.410 e. The Kier molecular flexibility index (Phi) is 6.03. The molecule has 1 unspecified atom stereocenters. The molecule has 6 heteroatoms. The molecular formula is C17H29N3O2S. The van der Waals surface area contributed by atoms with Crippen molar-refractivity contribution in [3.8, 4) is 0 Å². The molecule has 0 bridgehead atoms. The monoisotopic (exact) mass is 339 g/mol. The van der Waals surface area contributed by atoms with Crippen LogP contribution in [-0.4, -0.2) is 40.7 Å². The summed E-state index contributed by atoms with van der Waals surface area (Å²) in [6, 6.07) is 1.07. The first-order valence-corrected chi connectivity index (χ1v) is 9.25. The van der Waals surface area contributed by atoms with E-state index in [4.69, 9.17) is 4.74 Å². The number of ether oxygens (including phenoxy) is 1. The van der Waals surface area contributed by atoms with Crippen LogP contribution in [-0.2, 0) is 4.74 Å². The summed E-state index contributed by atoms with van der Waals surface area (Å²) in [5, 5.41) is 6.81. The van der Waals surface area contributed by atoms with E-state index in [0.29, 0.717) is 12.1 Å². The van der Waals surface area contributed by atoms with Gasteiger partial charge in [-0.1, -0.05) is 0 Å². The minimum Gasteiger partial charge on any atom is -0.444 e. The molecule has 1 aromatic heterocycles. The molecule has 1 aliphatic carbocycles. The second kappa shape index (κ2) is 7.62. The molecule has 0 aliphatic heterocycles. The molecule has 1 amide bonds. The Labute approximate surface area is 143 Å².